The van der Waals surface area contributed by atoms with Crippen molar-refractivity contribution < 1.29 is 0 Å². The van der Waals surface area contributed by atoms with Crippen LogP contribution < -0.4 is 0 Å². The molecule has 11 heavy (non-hydrogen) atoms. The Morgan fingerprint density at radius 2 is 2.55 bits per heavy atom. The third-order valence-electron chi connectivity index (χ3n) is 1.42. The maximum absolute atomic E-state index is 4.13. The summed E-state index contributed by atoms with van der Waals surface area (Å²) >= 11 is 0. The molecule has 3 nitrogen and oxygen atoms in total. The Morgan fingerprint density at radius 1 is 1.73 bits per heavy atom. The smallest absolute Gasteiger partial charge is 0.120 e. The number of rotatable bonds is 4. The topological polar surface area (TPSA) is 31.9 Å². The minimum Gasteiger partial charge on any atom is -0.348 e. The molecular formula is C7H14N3P. The molecule has 0 aliphatic heterocycles. The van der Waals surface area contributed by atoms with E-state index in [2.05, 4.69) is 31.0 Å². The van der Waals surface area contributed by atoms with Crippen LogP contribution in [0.3, 0.4) is 0 Å². The Labute approximate surface area is 69.5 Å². The second-order valence-corrected chi connectivity index (χ2v) is 3.24. The summed E-state index contributed by atoms with van der Waals surface area (Å²) in [6, 6.07) is 0. The molecule has 1 unspecified atom stereocenters. The summed E-state index contributed by atoms with van der Waals surface area (Å²) < 4.78 is 2.17. The van der Waals surface area contributed by atoms with Crippen LogP contribution in [0.5, 0.6) is 0 Å². The summed E-state index contributed by atoms with van der Waals surface area (Å²) in [6.07, 6.45) is 4.80. The van der Waals surface area contributed by atoms with Crippen molar-refractivity contribution in [2.45, 2.75) is 19.9 Å². The SMILES string of the molecule is CCCN(P)Cc1ncc[nH]1. The summed E-state index contributed by atoms with van der Waals surface area (Å²) in [5.74, 6) is 1.02. The molecule has 1 atom stereocenters. The van der Waals surface area contributed by atoms with Crippen LogP contribution >= 0.6 is 9.39 Å². The van der Waals surface area contributed by atoms with Crippen LogP contribution in [-0.4, -0.2) is 21.2 Å². The molecule has 0 radical (unpaired) electrons. The summed E-state index contributed by atoms with van der Waals surface area (Å²) in [7, 11) is 2.69. The van der Waals surface area contributed by atoms with Crippen molar-refractivity contribution >= 4 is 9.39 Å². The fourth-order valence-corrected chi connectivity index (χ4v) is 1.37. The van der Waals surface area contributed by atoms with E-state index in [1.54, 1.807) is 6.20 Å². The molecule has 0 fully saturated rings. The third-order valence-corrected chi connectivity index (χ3v) is 1.86. The Bertz CT molecular complexity index is 186. The lowest BCUT2D eigenvalue weighted by molar-refractivity contribution is 0.452. The van der Waals surface area contributed by atoms with Gasteiger partial charge in [-0.3, -0.25) is 4.67 Å². The number of nitrogens with zero attached hydrogens (tertiary/aromatic N) is 2. The standard InChI is InChI=1S/C7H14N3P/c1-2-5-10(11)6-7-8-3-4-9-7/h3-4H,2,5-6,11H2,1H3,(H,8,9). The van der Waals surface area contributed by atoms with Gasteiger partial charge >= 0.3 is 0 Å². The minimum atomic E-state index is 0.880. The van der Waals surface area contributed by atoms with Gasteiger partial charge in [0.05, 0.1) is 6.54 Å². The van der Waals surface area contributed by atoms with Crippen molar-refractivity contribution in [1.82, 2.24) is 14.6 Å². The fourth-order valence-electron chi connectivity index (χ4n) is 0.943. The van der Waals surface area contributed by atoms with E-state index >= 15 is 0 Å². The van der Waals surface area contributed by atoms with Crippen LogP contribution in [0.4, 0.5) is 0 Å². The molecule has 0 saturated carbocycles. The minimum absolute atomic E-state index is 0.880. The van der Waals surface area contributed by atoms with E-state index in [1.807, 2.05) is 6.20 Å². The van der Waals surface area contributed by atoms with Gasteiger partial charge in [-0.1, -0.05) is 16.3 Å². The lowest BCUT2D eigenvalue weighted by Crippen LogP contribution is -2.12. The van der Waals surface area contributed by atoms with Crippen LogP contribution in [0.15, 0.2) is 12.4 Å². The predicted octanol–water partition coefficient (Wildman–Crippen LogP) is 1.41. The zero-order valence-electron chi connectivity index (χ0n) is 6.75. The molecule has 1 aromatic heterocycles. The highest BCUT2D eigenvalue weighted by Gasteiger charge is 1.99. The van der Waals surface area contributed by atoms with Crippen LogP contribution in [-0.2, 0) is 6.54 Å². The molecule has 0 spiro atoms. The molecule has 0 saturated heterocycles. The zero-order chi connectivity index (χ0) is 8.10. The van der Waals surface area contributed by atoms with Crippen LogP contribution in [0, 0.1) is 0 Å². The second-order valence-electron chi connectivity index (χ2n) is 2.51. The Balaban J connectivity index is 2.31. The van der Waals surface area contributed by atoms with Gasteiger partial charge in [-0.05, 0) is 6.42 Å². The average molecular weight is 171 g/mol. The first-order valence-electron chi connectivity index (χ1n) is 3.81. The average Bonchev–Trinajstić information content (AvgIpc) is 2.40. The van der Waals surface area contributed by atoms with E-state index in [0.717, 1.165) is 18.9 Å². The molecule has 1 rings (SSSR count). The number of imidazole rings is 1. The van der Waals surface area contributed by atoms with Crippen molar-refractivity contribution in [2.24, 2.45) is 0 Å². The van der Waals surface area contributed by atoms with Crippen LogP contribution in [0.1, 0.15) is 19.2 Å². The van der Waals surface area contributed by atoms with Gasteiger partial charge in [-0.25, -0.2) is 4.98 Å². The number of nitrogens with one attached hydrogen (secondary N) is 1. The van der Waals surface area contributed by atoms with Crippen molar-refractivity contribution in [3.05, 3.63) is 18.2 Å². The monoisotopic (exact) mass is 171 g/mol. The molecule has 4 heteroatoms. The Morgan fingerprint density at radius 3 is 3.09 bits per heavy atom. The van der Waals surface area contributed by atoms with Gasteiger partial charge in [0.1, 0.15) is 5.82 Å². The molecule has 0 amide bonds. The van der Waals surface area contributed by atoms with Crippen molar-refractivity contribution in [3.8, 4) is 0 Å². The number of aromatic nitrogens is 2. The van der Waals surface area contributed by atoms with E-state index in [0.29, 0.717) is 0 Å². The van der Waals surface area contributed by atoms with E-state index in [1.165, 1.54) is 6.42 Å². The first-order valence-corrected chi connectivity index (χ1v) is 4.32. The second kappa shape index (κ2) is 4.47. The number of hydrogen-bond donors (Lipinski definition) is 1. The highest BCUT2D eigenvalue weighted by Crippen LogP contribution is 2.04. The number of hydrogen-bond acceptors (Lipinski definition) is 2. The number of H-pyrrole nitrogens is 1. The maximum atomic E-state index is 4.13. The van der Waals surface area contributed by atoms with Gasteiger partial charge in [0.15, 0.2) is 0 Å². The summed E-state index contributed by atoms with van der Waals surface area (Å²) in [4.78, 5) is 7.19. The highest BCUT2D eigenvalue weighted by molar-refractivity contribution is 7.13. The van der Waals surface area contributed by atoms with Gasteiger partial charge in [0.2, 0.25) is 0 Å². The highest BCUT2D eigenvalue weighted by atomic mass is 31.0. The van der Waals surface area contributed by atoms with E-state index in [9.17, 15) is 0 Å². The van der Waals surface area contributed by atoms with Crippen molar-refractivity contribution in [2.75, 3.05) is 6.54 Å². The van der Waals surface area contributed by atoms with E-state index in [-0.39, 0.29) is 0 Å². The lowest BCUT2D eigenvalue weighted by atomic mass is 10.4. The largest absolute Gasteiger partial charge is 0.348 e. The Hall–Kier alpha value is -0.400. The van der Waals surface area contributed by atoms with Crippen molar-refractivity contribution in [3.63, 3.8) is 0 Å². The summed E-state index contributed by atoms with van der Waals surface area (Å²) in [6.45, 7) is 4.13. The summed E-state index contributed by atoms with van der Waals surface area (Å²) in [5, 5.41) is 0. The Kier molecular flexibility index (Phi) is 3.53. The first kappa shape index (κ1) is 8.69. The molecule has 0 aromatic carbocycles. The molecule has 0 aliphatic rings. The van der Waals surface area contributed by atoms with Gasteiger partial charge in [-0.15, -0.1) is 0 Å². The van der Waals surface area contributed by atoms with E-state index in [4.69, 9.17) is 0 Å². The first-order chi connectivity index (χ1) is 5.33. The molecule has 0 aliphatic carbocycles. The van der Waals surface area contributed by atoms with E-state index < -0.39 is 0 Å². The molecule has 1 aromatic rings. The number of aromatic amines is 1. The zero-order valence-corrected chi connectivity index (χ0v) is 7.90. The van der Waals surface area contributed by atoms with Crippen molar-refractivity contribution in [1.29, 1.82) is 0 Å². The fraction of sp³-hybridized carbons (Fsp3) is 0.571. The molecule has 1 heterocycles. The van der Waals surface area contributed by atoms with Gasteiger partial charge in [-0.2, -0.15) is 0 Å². The molecular weight excluding hydrogens is 157 g/mol. The normalized spacial score (nSPS) is 10.8. The molecule has 0 bridgehead atoms. The molecule has 1 N–H and O–H groups in total. The van der Waals surface area contributed by atoms with Gasteiger partial charge < -0.3 is 4.98 Å². The van der Waals surface area contributed by atoms with Crippen LogP contribution in [0.2, 0.25) is 0 Å². The lowest BCUT2D eigenvalue weighted by Gasteiger charge is -2.12. The van der Waals surface area contributed by atoms with Gasteiger partial charge in [0.25, 0.3) is 0 Å². The molecule has 62 valence electrons. The predicted molar refractivity (Wildman–Crippen MR) is 49.0 cm³/mol. The van der Waals surface area contributed by atoms with Gasteiger partial charge in [0, 0.05) is 18.9 Å². The third kappa shape index (κ3) is 3.00. The summed E-state index contributed by atoms with van der Waals surface area (Å²) in [5.41, 5.74) is 0. The quantitative estimate of drug-likeness (QED) is 0.694. The maximum Gasteiger partial charge on any atom is 0.120 e. The van der Waals surface area contributed by atoms with Crippen LogP contribution in [0.25, 0.3) is 0 Å².